The molecular weight excluding hydrogens is 361 g/mol. The zero-order valence-electron chi connectivity index (χ0n) is 14.1. The highest BCUT2D eigenvalue weighted by molar-refractivity contribution is 6.43. The molecule has 0 spiro atoms. The third-order valence-electron chi connectivity index (χ3n) is 4.06. The van der Waals surface area contributed by atoms with Crippen molar-refractivity contribution in [3.05, 3.63) is 45.8 Å². The van der Waals surface area contributed by atoms with Crippen LogP contribution < -0.4 is 5.32 Å². The molecule has 25 heavy (non-hydrogen) atoms. The predicted octanol–water partition coefficient (Wildman–Crippen LogP) is 3.22. The predicted molar refractivity (Wildman–Crippen MR) is 99.9 cm³/mol. The topological polar surface area (TPSA) is 61.4 Å². The van der Waals surface area contributed by atoms with Crippen LogP contribution in [0.1, 0.15) is 16.3 Å². The average Bonchev–Trinajstić information content (AvgIpc) is 2.58. The standard InChI is InChI=1S/C17H19Cl2N5O/c1-11-20-14(17(25)24-8-6-23(2)7-9-24)10-15(21-11)22-13-5-3-4-12(18)16(13)19/h3-5,10H,6-9H2,1-2H3,(H,20,21,22). The van der Waals surface area contributed by atoms with Gasteiger partial charge >= 0.3 is 0 Å². The van der Waals surface area contributed by atoms with E-state index >= 15 is 0 Å². The largest absolute Gasteiger partial charge is 0.339 e. The van der Waals surface area contributed by atoms with Crippen molar-refractivity contribution >= 4 is 40.6 Å². The summed E-state index contributed by atoms with van der Waals surface area (Å²) in [5.74, 6) is 0.939. The summed E-state index contributed by atoms with van der Waals surface area (Å²) in [6.07, 6.45) is 0. The maximum Gasteiger partial charge on any atom is 0.272 e. The summed E-state index contributed by atoms with van der Waals surface area (Å²) >= 11 is 12.2. The van der Waals surface area contributed by atoms with Crippen molar-refractivity contribution < 1.29 is 4.79 Å². The summed E-state index contributed by atoms with van der Waals surface area (Å²) in [6, 6.07) is 6.95. The maximum atomic E-state index is 12.7. The van der Waals surface area contributed by atoms with Gasteiger partial charge in [-0.1, -0.05) is 29.3 Å². The highest BCUT2D eigenvalue weighted by Gasteiger charge is 2.22. The van der Waals surface area contributed by atoms with E-state index in [9.17, 15) is 4.79 Å². The van der Waals surface area contributed by atoms with Gasteiger partial charge in [0.2, 0.25) is 0 Å². The minimum Gasteiger partial charge on any atom is -0.339 e. The number of carbonyl (C=O) groups excluding carboxylic acids is 1. The van der Waals surface area contributed by atoms with E-state index in [4.69, 9.17) is 23.2 Å². The number of aromatic nitrogens is 2. The summed E-state index contributed by atoms with van der Waals surface area (Å²) < 4.78 is 0. The molecule has 3 rings (SSSR count). The molecule has 1 aliphatic heterocycles. The second-order valence-corrected chi connectivity index (χ2v) is 6.79. The van der Waals surface area contributed by atoms with Crippen molar-refractivity contribution in [1.82, 2.24) is 19.8 Å². The quantitative estimate of drug-likeness (QED) is 0.886. The number of rotatable bonds is 3. The van der Waals surface area contributed by atoms with Crippen LogP contribution in [0, 0.1) is 6.92 Å². The van der Waals surface area contributed by atoms with E-state index in [-0.39, 0.29) is 5.91 Å². The molecular formula is C17H19Cl2N5O. The normalized spacial score (nSPS) is 15.3. The molecule has 1 aromatic carbocycles. The molecule has 1 fully saturated rings. The molecule has 1 aromatic heterocycles. The molecule has 2 aromatic rings. The molecule has 0 aliphatic carbocycles. The molecule has 1 amide bonds. The van der Waals surface area contributed by atoms with Gasteiger partial charge in [-0.05, 0) is 26.1 Å². The first-order valence-electron chi connectivity index (χ1n) is 7.98. The van der Waals surface area contributed by atoms with Crippen LogP contribution in [0.25, 0.3) is 0 Å². The minimum atomic E-state index is -0.0844. The van der Waals surface area contributed by atoms with Crippen LogP contribution >= 0.6 is 23.2 Å². The molecule has 2 heterocycles. The highest BCUT2D eigenvalue weighted by atomic mass is 35.5. The highest BCUT2D eigenvalue weighted by Crippen LogP contribution is 2.31. The summed E-state index contributed by atoms with van der Waals surface area (Å²) in [5, 5.41) is 3.97. The number of halogens is 2. The number of carbonyl (C=O) groups is 1. The number of amides is 1. The Balaban J connectivity index is 1.83. The van der Waals surface area contributed by atoms with Crippen molar-refractivity contribution in [2.24, 2.45) is 0 Å². The van der Waals surface area contributed by atoms with Gasteiger partial charge in [-0.25, -0.2) is 9.97 Å². The fourth-order valence-electron chi connectivity index (χ4n) is 2.65. The third-order valence-corrected chi connectivity index (χ3v) is 4.88. The molecule has 0 radical (unpaired) electrons. The molecule has 0 bridgehead atoms. The maximum absolute atomic E-state index is 12.7. The first-order chi connectivity index (χ1) is 11.9. The van der Waals surface area contributed by atoms with Gasteiger partial charge in [-0.15, -0.1) is 0 Å². The van der Waals surface area contributed by atoms with E-state index in [2.05, 4.69) is 20.2 Å². The van der Waals surface area contributed by atoms with Crippen molar-refractivity contribution in [3.8, 4) is 0 Å². The van der Waals surface area contributed by atoms with Crippen LogP contribution in [0.15, 0.2) is 24.3 Å². The fourth-order valence-corrected chi connectivity index (χ4v) is 3.00. The van der Waals surface area contributed by atoms with Gasteiger partial charge in [0.25, 0.3) is 5.91 Å². The average molecular weight is 380 g/mol. The van der Waals surface area contributed by atoms with E-state index < -0.39 is 0 Å². The number of hydrogen-bond donors (Lipinski definition) is 1. The van der Waals surface area contributed by atoms with Crippen molar-refractivity contribution in [3.63, 3.8) is 0 Å². The van der Waals surface area contributed by atoms with Crippen LogP contribution in [0.5, 0.6) is 0 Å². The molecule has 132 valence electrons. The van der Waals surface area contributed by atoms with Gasteiger partial charge < -0.3 is 15.1 Å². The van der Waals surface area contributed by atoms with E-state index in [1.165, 1.54) is 0 Å². The zero-order valence-corrected chi connectivity index (χ0v) is 15.6. The summed E-state index contributed by atoms with van der Waals surface area (Å²) in [4.78, 5) is 25.4. The molecule has 1 saturated heterocycles. The van der Waals surface area contributed by atoms with E-state index in [0.717, 1.165) is 13.1 Å². The van der Waals surface area contributed by atoms with Crippen LogP contribution in [0.2, 0.25) is 10.0 Å². The van der Waals surface area contributed by atoms with Crippen molar-refractivity contribution in [1.29, 1.82) is 0 Å². The number of likely N-dealkylation sites (N-methyl/N-ethyl adjacent to an activating group) is 1. The lowest BCUT2D eigenvalue weighted by Gasteiger charge is -2.32. The summed E-state index contributed by atoms with van der Waals surface area (Å²) in [7, 11) is 2.05. The number of piperazine rings is 1. The Labute approximate surface area is 156 Å². The monoisotopic (exact) mass is 379 g/mol. The van der Waals surface area contributed by atoms with Crippen LogP contribution in [-0.4, -0.2) is 58.9 Å². The van der Waals surface area contributed by atoms with Crippen molar-refractivity contribution in [2.45, 2.75) is 6.92 Å². The SMILES string of the molecule is Cc1nc(Nc2cccc(Cl)c2Cl)cc(C(=O)N2CCN(C)CC2)n1. The molecule has 1 aliphatic rings. The Morgan fingerprint density at radius 1 is 1.16 bits per heavy atom. The molecule has 0 atom stereocenters. The van der Waals surface area contributed by atoms with Gasteiger partial charge in [-0.2, -0.15) is 0 Å². The van der Waals surface area contributed by atoms with Crippen molar-refractivity contribution in [2.75, 3.05) is 38.5 Å². The minimum absolute atomic E-state index is 0.0844. The lowest BCUT2D eigenvalue weighted by Crippen LogP contribution is -2.47. The van der Waals surface area contributed by atoms with E-state index in [1.807, 2.05) is 11.9 Å². The molecule has 6 nitrogen and oxygen atoms in total. The zero-order chi connectivity index (χ0) is 18.0. The number of benzene rings is 1. The number of anilines is 2. The Morgan fingerprint density at radius 2 is 1.88 bits per heavy atom. The second kappa shape index (κ2) is 7.56. The second-order valence-electron chi connectivity index (χ2n) is 6.01. The Hall–Kier alpha value is -1.89. The van der Waals surface area contributed by atoms with Gasteiger partial charge in [-0.3, -0.25) is 4.79 Å². The Kier molecular flexibility index (Phi) is 5.42. The smallest absolute Gasteiger partial charge is 0.272 e. The summed E-state index contributed by atoms with van der Waals surface area (Å²) in [6.45, 7) is 4.87. The van der Waals surface area contributed by atoms with E-state index in [1.54, 1.807) is 31.2 Å². The number of hydrogen-bond acceptors (Lipinski definition) is 5. The summed E-state index contributed by atoms with van der Waals surface area (Å²) in [5.41, 5.74) is 1.00. The lowest BCUT2D eigenvalue weighted by molar-refractivity contribution is 0.0658. The Morgan fingerprint density at radius 3 is 2.60 bits per heavy atom. The molecule has 1 N–H and O–H groups in total. The fraction of sp³-hybridized carbons (Fsp3) is 0.353. The van der Waals surface area contributed by atoms with Crippen LogP contribution in [0.4, 0.5) is 11.5 Å². The van der Waals surface area contributed by atoms with E-state index in [0.29, 0.717) is 46.2 Å². The van der Waals surface area contributed by atoms with Gasteiger partial charge in [0.1, 0.15) is 17.3 Å². The number of nitrogens with zero attached hydrogens (tertiary/aromatic N) is 4. The third kappa shape index (κ3) is 4.21. The molecule has 0 unspecified atom stereocenters. The number of aryl methyl sites for hydroxylation is 1. The van der Waals surface area contributed by atoms with Gasteiger partial charge in [0, 0.05) is 32.2 Å². The lowest BCUT2D eigenvalue weighted by atomic mass is 10.2. The van der Waals surface area contributed by atoms with Gasteiger partial charge in [0.15, 0.2) is 0 Å². The Bertz CT molecular complexity index is 791. The van der Waals surface area contributed by atoms with Crippen LogP contribution in [0.3, 0.4) is 0 Å². The van der Waals surface area contributed by atoms with Crippen LogP contribution in [-0.2, 0) is 0 Å². The molecule has 8 heteroatoms. The van der Waals surface area contributed by atoms with Gasteiger partial charge in [0.05, 0.1) is 15.7 Å². The number of nitrogens with one attached hydrogen (secondary N) is 1. The first-order valence-corrected chi connectivity index (χ1v) is 8.74. The first kappa shape index (κ1) is 17.9. The molecule has 0 saturated carbocycles.